The van der Waals surface area contributed by atoms with Crippen molar-refractivity contribution in [1.29, 1.82) is 0 Å². The van der Waals surface area contributed by atoms with Gasteiger partial charge in [0.2, 0.25) is 15.9 Å². The second-order valence-electron chi connectivity index (χ2n) is 7.29. The molecule has 2 fully saturated rings. The van der Waals surface area contributed by atoms with E-state index in [1.165, 1.54) is 22.5 Å². The molecule has 0 radical (unpaired) electrons. The van der Waals surface area contributed by atoms with E-state index in [-0.39, 0.29) is 36.2 Å². The lowest BCUT2D eigenvalue weighted by molar-refractivity contribution is -0.918. The summed E-state index contributed by atoms with van der Waals surface area (Å²) in [5.41, 5.74) is 0.470. The topological polar surface area (TPSA) is 79.2 Å². The Bertz CT molecular complexity index is 1090. The zero-order valence-electron chi connectivity index (χ0n) is 15.9. The first-order valence-electron chi connectivity index (χ1n) is 9.50. The minimum atomic E-state index is -3.95. The zero-order valence-corrected chi connectivity index (χ0v) is 17.5. The molecule has 2 amide bonds. The van der Waals surface area contributed by atoms with E-state index in [1.807, 2.05) is 0 Å². The number of hydrogen-bond acceptors (Lipinski definition) is 4. The zero-order chi connectivity index (χ0) is 21.5. The molecule has 0 saturated carbocycles. The predicted molar refractivity (Wildman–Crippen MR) is 108 cm³/mol. The highest BCUT2D eigenvalue weighted by Crippen LogP contribution is 2.24. The van der Waals surface area contributed by atoms with Gasteiger partial charge in [-0.25, -0.2) is 17.7 Å². The minimum Gasteiger partial charge on any atom is -0.322 e. The number of hydrogen-bond donors (Lipinski definition) is 1. The summed E-state index contributed by atoms with van der Waals surface area (Å²) in [5, 5.41) is 0.507. The number of carbonyl (C=O) groups excluding carboxylic acids is 2. The third kappa shape index (κ3) is 3.74. The standard InChI is InChI=1S/C20H19ClFN3O4S/c21-14-5-7-15(8-6-14)25-19(26)13-17(20(25)27)23-9-11-24(12-10-23)30(28,29)18-4-2-1-3-16(18)22/h1-8,17H,9-13H2/p+1/t17-/m1/s1. The molecular formula is C20H20ClFN3O4S+. The molecule has 2 aromatic carbocycles. The van der Waals surface area contributed by atoms with Crippen molar-refractivity contribution in [2.75, 3.05) is 31.1 Å². The Kier molecular flexibility index (Phi) is 5.63. The number of sulfonamides is 1. The molecule has 0 unspecified atom stereocenters. The molecule has 2 aromatic rings. The molecule has 10 heteroatoms. The van der Waals surface area contributed by atoms with Crippen molar-refractivity contribution >= 4 is 39.1 Å². The second-order valence-corrected chi connectivity index (χ2v) is 9.64. The summed E-state index contributed by atoms with van der Waals surface area (Å²) in [4.78, 5) is 27.1. The van der Waals surface area contributed by atoms with Gasteiger partial charge in [0.15, 0.2) is 6.04 Å². The number of piperazine rings is 1. The first-order valence-corrected chi connectivity index (χ1v) is 11.3. The van der Waals surface area contributed by atoms with Crippen LogP contribution in [0.25, 0.3) is 0 Å². The molecule has 2 aliphatic heterocycles. The van der Waals surface area contributed by atoms with Crippen LogP contribution < -0.4 is 9.80 Å². The molecule has 0 aromatic heterocycles. The van der Waals surface area contributed by atoms with Crippen molar-refractivity contribution in [2.24, 2.45) is 0 Å². The molecule has 0 aliphatic carbocycles. The maximum absolute atomic E-state index is 14.0. The second kappa shape index (κ2) is 8.07. The number of quaternary nitrogens is 1. The smallest absolute Gasteiger partial charge is 0.292 e. The van der Waals surface area contributed by atoms with Crippen LogP contribution in [-0.4, -0.2) is 56.8 Å². The molecule has 2 aliphatic rings. The molecule has 2 saturated heterocycles. The summed E-state index contributed by atoms with van der Waals surface area (Å²) < 4.78 is 40.7. The molecule has 4 rings (SSSR count). The van der Waals surface area contributed by atoms with Gasteiger partial charge in [-0.3, -0.25) is 9.59 Å². The molecule has 30 heavy (non-hydrogen) atoms. The quantitative estimate of drug-likeness (QED) is 0.693. The number of anilines is 1. The highest BCUT2D eigenvalue weighted by molar-refractivity contribution is 7.89. The van der Waals surface area contributed by atoms with Crippen LogP contribution in [-0.2, 0) is 19.6 Å². The maximum Gasteiger partial charge on any atom is 0.292 e. The van der Waals surface area contributed by atoms with Crippen LogP contribution in [0.4, 0.5) is 10.1 Å². The van der Waals surface area contributed by atoms with Crippen molar-refractivity contribution in [1.82, 2.24) is 4.31 Å². The summed E-state index contributed by atoms with van der Waals surface area (Å²) in [6.45, 7) is 0.994. The minimum absolute atomic E-state index is 0.0663. The average molecular weight is 453 g/mol. The maximum atomic E-state index is 14.0. The number of nitrogens with one attached hydrogen (secondary N) is 1. The van der Waals surface area contributed by atoms with Gasteiger partial charge in [0, 0.05) is 5.02 Å². The predicted octanol–water partition coefficient (Wildman–Crippen LogP) is 0.700. The molecule has 0 bridgehead atoms. The van der Waals surface area contributed by atoms with Gasteiger partial charge in [0.25, 0.3) is 5.91 Å². The Labute approximate surface area is 178 Å². The lowest BCUT2D eigenvalue weighted by atomic mass is 10.2. The van der Waals surface area contributed by atoms with Gasteiger partial charge in [-0.05, 0) is 36.4 Å². The summed E-state index contributed by atoms with van der Waals surface area (Å²) in [6.07, 6.45) is 0.0663. The van der Waals surface area contributed by atoms with Gasteiger partial charge < -0.3 is 4.90 Å². The van der Waals surface area contributed by atoms with Crippen LogP contribution in [0.1, 0.15) is 6.42 Å². The molecule has 7 nitrogen and oxygen atoms in total. The first kappa shape index (κ1) is 20.9. The van der Waals surface area contributed by atoms with E-state index in [2.05, 4.69) is 0 Å². The Balaban J connectivity index is 1.46. The van der Waals surface area contributed by atoms with E-state index in [9.17, 15) is 22.4 Å². The van der Waals surface area contributed by atoms with Gasteiger partial charge in [-0.15, -0.1) is 0 Å². The molecular weight excluding hydrogens is 433 g/mol. The number of halogens is 2. The number of imide groups is 1. The van der Waals surface area contributed by atoms with Gasteiger partial charge in [-0.2, -0.15) is 4.31 Å². The lowest BCUT2D eigenvalue weighted by Gasteiger charge is -2.33. The SMILES string of the molecule is O=C1C[C@@H]([NH+]2CCN(S(=O)(=O)c3ccccc3F)CC2)C(=O)N1c1ccc(Cl)cc1. The van der Waals surface area contributed by atoms with Crippen LogP contribution >= 0.6 is 11.6 Å². The van der Waals surface area contributed by atoms with E-state index in [0.29, 0.717) is 23.8 Å². The Morgan fingerprint density at radius 3 is 2.27 bits per heavy atom. The molecule has 2 heterocycles. The summed E-state index contributed by atoms with van der Waals surface area (Å²) in [6, 6.07) is 11.2. The number of rotatable bonds is 4. The lowest BCUT2D eigenvalue weighted by Crippen LogP contribution is -3.19. The van der Waals surface area contributed by atoms with Crippen molar-refractivity contribution in [3.8, 4) is 0 Å². The van der Waals surface area contributed by atoms with Gasteiger partial charge in [0.05, 0.1) is 38.3 Å². The number of nitrogens with zero attached hydrogens (tertiary/aromatic N) is 2. The highest BCUT2D eigenvalue weighted by atomic mass is 35.5. The van der Waals surface area contributed by atoms with Crippen molar-refractivity contribution in [3.05, 3.63) is 59.4 Å². The third-order valence-electron chi connectivity index (χ3n) is 5.54. The third-order valence-corrected chi connectivity index (χ3v) is 7.73. The van der Waals surface area contributed by atoms with Crippen LogP contribution in [0.3, 0.4) is 0 Å². The normalized spacial score (nSPS) is 21.4. The number of amides is 2. The van der Waals surface area contributed by atoms with E-state index >= 15 is 0 Å². The van der Waals surface area contributed by atoms with E-state index in [4.69, 9.17) is 11.6 Å². The fraction of sp³-hybridized carbons (Fsp3) is 0.300. The number of carbonyl (C=O) groups is 2. The van der Waals surface area contributed by atoms with Crippen LogP contribution in [0.15, 0.2) is 53.4 Å². The molecule has 158 valence electrons. The average Bonchev–Trinajstić information content (AvgIpc) is 3.03. The van der Waals surface area contributed by atoms with Crippen LogP contribution in [0.2, 0.25) is 5.02 Å². The van der Waals surface area contributed by atoms with Crippen LogP contribution in [0, 0.1) is 5.82 Å². The molecule has 1 atom stereocenters. The molecule has 0 spiro atoms. The fourth-order valence-electron chi connectivity index (χ4n) is 3.97. The Morgan fingerprint density at radius 2 is 1.63 bits per heavy atom. The van der Waals surface area contributed by atoms with Crippen LogP contribution in [0.5, 0.6) is 0 Å². The monoisotopic (exact) mass is 452 g/mol. The Hall–Kier alpha value is -2.33. The van der Waals surface area contributed by atoms with Gasteiger partial charge >= 0.3 is 0 Å². The largest absolute Gasteiger partial charge is 0.322 e. The summed E-state index contributed by atoms with van der Waals surface area (Å²) >= 11 is 5.88. The van der Waals surface area contributed by atoms with E-state index < -0.39 is 21.9 Å². The van der Waals surface area contributed by atoms with E-state index in [1.54, 1.807) is 24.3 Å². The summed E-state index contributed by atoms with van der Waals surface area (Å²) in [7, 11) is -3.95. The van der Waals surface area contributed by atoms with Gasteiger partial charge in [-0.1, -0.05) is 23.7 Å². The van der Waals surface area contributed by atoms with E-state index in [0.717, 1.165) is 15.9 Å². The van der Waals surface area contributed by atoms with Gasteiger partial charge in [0.1, 0.15) is 10.7 Å². The highest BCUT2D eigenvalue weighted by Gasteiger charge is 2.47. The Morgan fingerprint density at radius 1 is 1.00 bits per heavy atom. The molecule has 1 N–H and O–H groups in total. The van der Waals surface area contributed by atoms with Crippen molar-refractivity contribution in [3.63, 3.8) is 0 Å². The number of benzene rings is 2. The fourth-order valence-corrected chi connectivity index (χ4v) is 5.60. The van der Waals surface area contributed by atoms with Crippen molar-refractivity contribution in [2.45, 2.75) is 17.4 Å². The first-order chi connectivity index (χ1) is 14.3. The summed E-state index contributed by atoms with van der Waals surface area (Å²) in [5.74, 6) is -1.38. The van der Waals surface area contributed by atoms with Crippen molar-refractivity contribution < 1.29 is 27.3 Å².